The van der Waals surface area contributed by atoms with Crippen molar-refractivity contribution in [2.24, 2.45) is 5.92 Å². The van der Waals surface area contributed by atoms with Gasteiger partial charge < -0.3 is 5.32 Å². The average Bonchev–Trinajstić information content (AvgIpc) is 3.21. The number of rotatable bonds is 3. The second kappa shape index (κ2) is 6.24. The highest BCUT2D eigenvalue weighted by Crippen LogP contribution is 2.43. The van der Waals surface area contributed by atoms with E-state index in [1.54, 1.807) is 12.1 Å². The minimum atomic E-state index is -0.246. The van der Waals surface area contributed by atoms with E-state index in [1.807, 2.05) is 24.7 Å². The average molecular weight is 343 g/mol. The summed E-state index contributed by atoms with van der Waals surface area (Å²) in [4.78, 5) is 12.3. The number of nitrogens with zero attached hydrogens (tertiary/aromatic N) is 2. The predicted molar refractivity (Wildman–Crippen MR) is 92.4 cm³/mol. The van der Waals surface area contributed by atoms with Gasteiger partial charge in [0.15, 0.2) is 0 Å². The van der Waals surface area contributed by atoms with Crippen LogP contribution in [0.1, 0.15) is 49.4 Å². The highest BCUT2D eigenvalue weighted by Gasteiger charge is 2.40. The van der Waals surface area contributed by atoms with Crippen LogP contribution >= 0.6 is 0 Å². The van der Waals surface area contributed by atoms with Gasteiger partial charge in [0.2, 0.25) is 5.91 Å². The van der Waals surface area contributed by atoms with E-state index >= 15 is 0 Å². The fourth-order valence-corrected chi connectivity index (χ4v) is 3.93. The van der Waals surface area contributed by atoms with Crippen LogP contribution in [0.5, 0.6) is 0 Å². The highest BCUT2D eigenvalue weighted by atomic mass is 19.1. The van der Waals surface area contributed by atoms with Crippen LogP contribution in [0.2, 0.25) is 0 Å². The van der Waals surface area contributed by atoms with Gasteiger partial charge in [-0.25, -0.2) is 14.5 Å². The lowest BCUT2D eigenvalue weighted by Gasteiger charge is -2.31. The smallest absolute Gasteiger partial charge is 0.226 e. The van der Waals surface area contributed by atoms with Crippen molar-refractivity contribution in [2.45, 2.75) is 38.3 Å². The van der Waals surface area contributed by atoms with Gasteiger partial charge in [0.1, 0.15) is 11.6 Å². The molecule has 0 aliphatic carbocycles. The largest absolute Gasteiger partial charge is 0.311 e. The Hall–Kier alpha value is -2.25. The zero-order valence-electron chi connectivity index (χ0n) is 14.3. The normalized spacial score (nSPS) is 25.9. The predicted octanol–water partition coefficient (Wildman–Crippen LogP) is 2.49. The molecular weight excluding hydrogens is 321 g/mol. The van der Waals surface area contributed by atoms with Crippen LogP contribution in [-0.4, -0.2) is 22.2 Å². The van der Waals surface area contributed by atoms with Crippen molar-refractivity contribution in [3.05, 3.63) is 47.4 Å². The fourth-order valence-electron chi connectivity index (χ4n) is 3.93. The molecule has 0 radical (unpaired) electrons. The van der Waals surface area contributed by atoms with Gasteiger partial charge in [-0.2, -0.15) is 5.10 Å². The second-order valence-corrected chi connectivity index (χ2v) is 7.06. The van der Waals surface area contributed by atoms with Gasteiger partial charge in [-0.3, -0.25) is 10.2 Å². The number of hydrogen-bond acceptors (Lipinski definition) is 4. The number of amides is 1. The summed E-state index contributed by atoms with van der Waals surface area (Å²) < 4.78 is 15.1. The number of aromatic nitrogens is 2. The minimum absolute atomic E-state index is 0.0182. The first-order valence-corrected chi connectivity index (χ1v) is 8.65. The van der Waals surface area contributed by atoms with E-state index in [2.05, 4.69) is 21.3 Å². The van der Waals surface area contributed by atoms with Crippen molar-refractivity contribution < 1.29 is 9.18 Å². The van der Waals surface area contributed by atoms with E-state index in [-0.39, 0.29) is 35.6 Å². The van der Waals surface area contributed by atoms with Gasteiger partial charge in [-0.15, -0.1) is 0 Å². The molecule has 1 aromatic carbocycles. The summed E-state index contributed by atoms with van der Waals surface area (Å²) in [7, 11) is 0. The Balaban J connectivity index is 1.69. The Kier molecular flexibility index (Phi) is 4.05. The molecule has 132 valence electrons. The number of hydrazine groups is 1. The van der Waals surface area contributed by atoms with E-state index in [4.69, 9.17) is 0 Å². The first-order chi connectivity index (χ1) is 12.0. The molecule has 3 N–H and O–H groups in total. The Morgan fingerprint density at radius 2 is 2.04 bits per heavy atom. The molecule has 1 fully saturated rings. The lowest BCUT2D eigenvalue weighted by atomic mass is 9.77. The summed E-state index contributed by atoms with van der Waals surface area (Å²) in [5, 5.41) is 7.45. The molecule has 2 aromatic rings. The molecule has 2 aliphatic heterocycles. The third-order valence-corrected chi connectivity index (χ3v) is 5.14. The van der Waals surface area contributed by atoms with Crippen molar-refractivity contribution >= 4 is 11.7 Å². The Morgan fingerprint density at radius 1 is 1.28 bits per heavy atom. The lowest BCUT2D eigenvalue weighted by Crippen LogP contribution is -2.31. The molecular formula is C18H22FN5O. The number of anilines is 1. The molecule has 7 heteroatoms. The van der Waals surface area contributed by atoms with Gasteiger partial charge in [0.25, 0.3) is 0 Å². The molecule has 3 heterocycles. The van der Waals surface area contributed by atoms with Crippen LogP contribution in [-0.2, 0) is 4.79 Å². The number of nitrogens with one attached hydrogen (secondary N) is 3. The van der Waals surface area contributed by atoms with E-state index in [0.717, 1.165) is 23.5 Å². The van der Waals surface area contributed by atoms with Crippen molar-refractivity contribution in [1.29, 1.82) is 0 Å². The highest BCUT2D eigenvalue weighted by molar-refractivity contribution is 5.93. The zero-order valence-corrected chi connectivity index (χ0v) is 14.3. The fraction of sp³-hybridized carbons (Fsp3) is 0.444. The molecule has 25 heavy (non-hydrogen) atoms. The maximum Gasteiger partial charge on any atom is 0.226 e. The van der Waals surface area contributed by atoms with Crippen LogP contribution in [0.3, 0.4) is 0 Å². The van der Waals surface area contributed by atoms with Gasteiger partial charge in [-0.05, 0) is 31.5 Å². The van der Waals surface area contributed by atoms with E-state index < -0.39 is 0 Å². The van der Waals surface area contributed by atoms with E-state index in [0.29, 0.717) is 6.42 Å². The SMILES string of the molecule is CC(C)n1ncc2c1NC(=O)CC2C1CNNC1c1ccc(F)cc1. The monoisotopic (exact) mass is 343 g/mol. The Morgan fingerprint density at radius 3 is 2.76 bits per heavy atom. The van der Waals surface area contributed by atoms with Gasteiger partial charge >= 0.3 is 0 Å². The number of carbonyl (C=O) groups excluding carboxylic acids is 1. The molecule has 3 unspecified atom stereocenters. The number of halogens is 1. The molecule has 0 saturated carbocycles. The molecule has 2 aliphatic rings. The number of carbonyl (C=O) groups is 1. The van der Waals surface area contributed by atoms with E-state index in [1.165, 1.54) is 12.1 Å². The summed E-state index contributed by atoms with van der Waals surface area (Å²) in [5.74, 6) is 0.823. The van der Waals surface area contributed by atoms with Crippen LogP contribution in [0.15, 0.2) is 30.5 Å². The molecule has 6 nitrogen and oxygen atoms in total. The molecule has 4 rings (SSSR count). The minimum Gasteiger partial charge on any atom is -0.311 e. The maximum absolute atomic E-state index is 13.3. The summed E-state index contributed by atoms with van der Waals surface area (Å²) in [6.07, 6.45) is 2.31. The lowest BCUT2D eigenvalue weighted by molar-refractivity contribution is -0.117. The Labute approximate surface area is 145 Å². The molecule has 0 bridgehead atoms. The molecule has 3 atom stereocenters. The van der Waals surface area contributed by atoms with Crippen LogP contribution in [0.4, 0.5) is 10.2 Å². The summed E-state index contributed by atoms with van der Waals surface area (Å²) in [5.41, 5.74) is 8.58. The van der Waals surface area contributed by atoms with Crippen LogP contribution in [0.25, 0.3) is 0 Å². The molecule has 1 aromatic heterocycles. The first-order valence-electron chi connectivity index (χ1n) is 8.65. The van der Waals surface area contributed by atoms with Gasteiger partial charge in [0, 0.05) is 36.4 Å². The van der Waals surface area contributed by atoms with Crippen LogP contribution in [0, 0.1) is 11.7 Å². The van der Waals surface area contributed by atoms with Crippen molar-refractivity contribution in [3.63, 3.8) is 0 Å². The number of benzene rings is 1. The van der Waals surface area contributed by atoms with Gasteiger partial charge in [0.05, 0.1) is 12.2 Å². The summed E-state index contributed by atoms with van der Waals surface area (Å²) >= 11 is 0. The third-order valence-electron chi connectivity index (χ3n) is 5.14. The zero-order chi connectivity index (χ0) is 17.6. The van der Waals surface area contributed by atoms with Gasteiger partial charge in [-0.1, -0.05) is 12.1 Å². The topological polar surface area (TPSA) is 71.0 Å². The second-order valence-electron chi connectivity index (χ2n) is 7.06. The summed E-state index contributed by atoms with van der Waals surface area (Å²) in [6, 6.07) is 6.75. The van der Waals surface area contributed by atoms with Crippen molar-refractivity contribution in [3.8, 4) is 0 Å². The molecule has 1 amide bonds. The molecule has 1 saturated heterocycles. The molecule has 0 spiro atoms. The number of fused-ring (bicyclic) bond motifs is 1. The quantitative estimate of drug-likeness (QED) is 0.801. The maximum atomic E-state index is 13.3. The van der Waals surface area contributed by atoms with E-state index in [9.17, 15) is 9.18 Å². The standard InChI is InChI=1S/C18H22FN5O/c1-10(2)24-18-15(9-21-24)13(7-16(25)22-18)14-8-20-23-17(14)11-3-5-12(19)6-4-11/h3-6,9-10,13-14,17,20,23H,7-8H2,1-2H3,(H,22,25). The number of hydrogen-bond donors (Lipinski definition) is 3. The van der Waals surface area contributed by atoms with Crippen LogP contribution < -0.4 is 16.2 Å². The van der Waals surface area contributed by atoms with Crippen molar-refractivity contribution in [1.82, 2.24) is 20.6 Å². The summed E-state index contributed by atoms with van der Waals surface area (Å²) in [6.45, 7) is 4.83. The van der Waals surface area contributed by atoms with Crippen molar-refractivity contribution in [2.75, 3.05) is 11.9 Å². The third kappa shape index (κ3) is 2.83. The first kappa shape index (κ1) is 16.2. The Bertz CT molecular complexity index is 785.